The van der Waals surface area contributed by atoms with Crippen LogP contribution in [0.2, 0.25) is 0 Å². The van der Waals surface area contributed by atoms with Gasteiger partial charge >= 0.3 is 5.97 Å². The fourth-order valence-electron chi connectivity index (χ4n) is 1.83. The maximum Gasteiger partial charge on any atom is 0.324 e. The average Bonchev–Trinajstić information content (AvgIpc) is 2.46. The molecular formula is C16H16O2S. The molecule has 0 aliphatic rings. The van der Waals surface area contributed by atoms with E-state index in [2.05, 4.69) is 0 Å². The summed E-state index contributed by atoms with van der Waals surface area (Å²) in [4.78, 5) is 11.6. The van der Waals surface area contributed by atoms with Crippen molar-refractivity contribution in [2.75, 3.05) is 0 Å². The number of hydrogen-bond donors (Lipinski definition) is 1. The monoisotopic (exact) mass is 272 g/mol. The van der Waals surface area contributed by atoms with Gasteiger partial charge in [-0.15, -0.1) is 11.8 Å². The Morgan fingerprint density at radius 1 is 1.05 bits per heavy atom. The van der Waals surface area contributed by atoms with Gasteiger partial charge in [0.25, 0.3) is 0 Å². The first-order valence-corrected chi connectivity index (χ1v) is 7.08. The molecule has 98 valence electrons. The second-order valence-electron chi connectivity index (χ2n) is 4.48. The lowest BCUT2D eigenvalue weighted by atomic mass is 10.0. The third kappa shape index (κ3) is 3.18. The van der Waals surface area contributed by atoms with E-state index in [1.807, 2.05) is 60.7 Å². The molecule has 2 aromatic carbocycles. The van der Waals surface area contributed by atoms with Crippen LogP contribution in [0.4, 0.5) is 0 Å². The zero-order chi connectivity index (χ0) is 13.7. The number of carboxylic acids is 1. The minimum absolute atomic E-state index is 0.679. The fourth-order valence-corrected chi connectivity index (χ4v) is 2.90. The highest BCUT2D eigenvalue weighted by Crippen LogP contribution is 2.38. The van der Waals surface area contributed by atoms with Crippen LogP contribution in [0.3, 0.4) is 0 Å². The highest BCUT2D eigenvalue weighted by molar-refractivity contribution is 8.00. The van der Waals surface area contributed by atoms with Gasteiger partial charge < -0.3 is 5.11 Å². The van der Waals surface area contributed by atoms with E-state index in [1.54, 1.807) is 6.92 Å². The van der Waals surface area contributed by atoms with Gasteiger partial charge in [-0.05, 0) is 18.1 Å². The van der Waals surface area contributed by atoms with Crippen LogP contribution in [0.25, 0.3) is 0 Å². The molecule has 0 saturated heterocycles. The number of hydrogen-bond acceptors (Lipinski definition) is 2. The lowest BCUT2D eigenvalue weighted by Crippen LogP contribution is -2.28. The van der Waals surface area contributed by atoms with Gasteiger partial charge in [-0.25, -0.2) is 0 Å². The first-order valence-electron chi connectivity index (χ1n) is 6.10. The third-order valence-electron chi connectivity index (χ3n) is 3.10. The van der Waals surface area contributed by atoms with E-state index in [0.717, 1.165) is 11.1 Å². The van der Waals surface area contributed by atoms with Gasteiger partial charge in [0.1, 0.15) is 4.75 Å². The molecule has 1 N–H and O–H groups in total. The summed E-state index contributed by atoms with van der Waals surface area (Å²) >= 11 is 1.44. The third-order valence-corrected chi connectivity index (χ3v) is 4.57. The maximum absolute atomic E-state index is 11.6. The predicted molar refractivity (Wildman–Crippen MR) is 79.2 cm³/mol. The molecule has 2 rings (SSSR count). The van der Waals surface area contributed by atoms with Crippen LogP contribution >= 0.6 is 11.8 Å². The van der Waals surface area contributed by atoms with Gasteiger partial charge in [0, 0.05) is 5.75 Å². The Kier molecular flexibility index (Phi) is 4.27. The van der Waals surface area contributed by atoms with E-state index >= 15 is 0 Å². The molecule has 0 spiro atoms. The van der Waals surface area contributed by atoms with Crippen molar-refractivity contribution in [1.29, 1.82) is 0 Å². The average molecular weight is 272 g/mol. The quantitative estimate of drug-likeness (QED) is 0.896. The van der Waals surface area contributed by atoms with Crippen LogP contribution in [0.15, 0.2) is 60.7 Å². The highest BCUT2D eigenvalue weighted by Gasteiger charge is 2.35. The second kappa shape index (κ2) is 5.93. The molecule has 1 atom stereocenters. The van der Waals surface area contributed by atoms with E-state index in [1.165, 1.54) is 11.8 Å². The highest BCUT2D eigenvalue weighted by atomic mass is 32.2. The summed E-state index contributed by atoms with van der Waals surface area (Å²) in [6, 6.07) is 19.3. The van der Waals surface area contributed by atoms with Crippen LogP contribution < -0.4 is 0 Å². The molecule has 0 aliphatic carbocycles. The summed E-state index contributed by atoms with van der Waals surface area (Å²) in [5, 5.41) is 9.54. The van der Waals surface area contributed by atoms with Crippen LogP contribution in [0.1, 0.15) is 18.1 Å². The second-order valence-corrected chi connectivity index (χ2v) is 5.87. The van der Waals surface area contributed by atoms with E-state index < -0.39 is 10.7 Å². The number of rotatable bonds is 5. The van der Waals surface area contributed by atoms with E-state index in [-0.39, 0.29) is 0 Å². The molecule has 2 nitrogen and oxygen atoms in total. The summed E-state index contributed by atoms with van der Waals surface area (Å²) in [5.41, 5.74) is 1.96. The van der Waals surface area contributed by atoms with E-state index in [4.69, 9.17) is 0 Å². The van der Waals surface area contributed by atoms with Crippen LogP contribution in [-0.2, 0) is 15.3 Å². The number of thioether (sulfide) groups is 1. The molecule has 0 saturated carbocycles. The lowest BCUT2D eigenvalue weighted by Gasteiger charge is -2.24. The Bertz CT molecular complexity index is 539. The summed E-state index contributed by atoms with van der Waals surface area (Å²) in [5.74, 6) is -0.127. The number of carbonyl (C=O) groups is 1. The Hall–Kier alpha value is -1.74. The summed E-state index contributed by atoms with van der Waals surface area (Å²) < 4.78 is -0.920. The van der Waals surface area contributed by atoms with Crippen molar-refractivity contribution in [3.63, 3.8) is 0 Å². The fraction of sp³-hybridized carbons (Fsp3) is 0.188. The van der Waals surface area contributed by atoms with Crippen molar-refractivity contribution < 1.29 is 9.90 Å². The standard InChI is InChI=1S/C16H16O2S/c1-16(15(17)18,14-10-6-3-7-11-14)19-12-13-8-4-2-5-9-13/h2-11H,12H2,1H3,(H,17,18)/t16-/m1/s1. The Morgan fingerprint density at radius 2 is 1.58 bits per heavy atom. The van der Waals surface area contributed by atoms with Gasteiger partial charge in [0.15, 0.2) is 0 Å². The molecule has 0 aromatic heterocycles. The van der Waals surface area contributed by atoms with Gasteiger partial charge in [0.2, 0.25) is 0 Å². The van der Waals surface area contributed by atoms with Crippen molar-refractivity contribution in [2.24, 2.45) is 0 Å². The predicted octanol–water partition coefficient (Wildman–Crippen LogP) is 3.92. The summed E-state index contributed by atoms with van der Waals surface area (Å²) in [7, 11) is 0. The number of aliphatic carboxylic acids is 1. The largest absolute Gasteiger partial charge is 0.480 e. The minimum Gasteiger partial charge on any atom is -0.480 e. The molecule has 0 radical (unpaired) electrons. The van der Waals surface area contributed by atoms with Crippen molar-refractivity contribution >= 4 is 17.7 Å². The molecular weight excluding hydrogens is 256 g/mol. The van der Waals surface area contributed by atoms with Crippen molar-refractivity contribution in [2.45, 2.75) is 17.4 Å². The van der Waals surface area contributed by atoms with E-state index in [9.17, 15) is 9.90 Å². The van der Waals surface area contributed by atoms with Crippen molar-refractivity contribution in [1.82, 2.24) is 0 Å². The zero-order valence-corrected chi connectivity index (χ0v) is 11.6. The van der Waals surface area contributed by atoms with Crippen LogP contribution in [0.5, 0.6) is 0 Å². The first kappa shape index (κ1) is 13.7. The SMILES string of the molecule is C[C@](SCc1ccccc1)(C(=O)O)c1ccccc1. The van der Waals surface area contributed by atoms with Crippen molar-refractivity contribution in [3.8, 4) is 0 Å². The Labute approximate surface area is 117 Å². The van der Waals surface area contributed by atoms with Crippen LogP contribution in [0, 0.1) is 0 Å². The number of carboxylic acid groups (broad SMARTS) is 1. The minimum atomic E-state index is -0.920. The molecule has 0 fully saturated rings. The van der Waals surface area contributed by atoms with Gasteiger partial charge in [0.05, 0.1) is 0 Å². The molecule has 0 bridgehead atoms. The normalized spacial score (nSPS) is 13.7. The smallest absolute Gasteiger partial charge is 0.324 e. The topological polar surface area (TPSA) is 37.3 Å². The molecule has 0 amide bonds. The molecule has 3 heteroatoms. The van der Waals surface area contributed by atoms with Gasteiger partial charge in [-0.1, -0.05) is 60.7 Å². The Balaban J connectivity index is 2.19. The van der Waals surface area contributed by atoms with Gasteiger partial charge in [-0.3, -0.25) is 4.79 Å². The Morgan fingerprint density at radius 3 is 2.11 bits per heavy atom. The van der Waals surface area contributed by atoms with Crippen molar-refractivity contribution in [3.05, 3.63) is 71.8 Å². The molecule has 2 aromatic rings. The zero-order valence-electron chi connectivity index (χ0n) is 10.7. The lowest BCUT2D eigenvalue weighted by molar-refractivity contribution is -0.139. The summed E-state index contributed by atoms with van der Waals surface area (Å²) in [6.45, 7) is 1.76. The van der Waals surface area contributed by atoms with Gasteiger partial charge in [-0.2, -0.15) is 0 Å². The molecule has 0 heterocycles. The van der Waals surface area contributed by atoms with E-state index in [0.29, 0.717) is 5.75 Å². The number of benzene rings is 2. The molecule has 0 unspecified atom stereocenters. The first-order chi connectivity index (χ1) is 9.13. The molecule has 0 aliphatic heterocycles. The van der Waals surface area contributed by atoms with Crippen LogP contribution in [-0.4, -0.2) is 11.1 Å². The summed E-state index contributed by atoms with van der Waals surface area (Å²) in [6.07, 6.45) is 0. The molecule has 19 heavy (non-hydrogen) atoms. The maximum atomic E-state index is 11.6.